The molecule has 0 saturated carbocycles. The Kier molecular flexibility index (Phi) is 84.4. The topological polar surface area (TPSA) is 284 Å². The highest BCUT2D eigenvalue weighted by Crippen LogP contribution is 2.05. The van der Waals surface area contributed by atoms with E-state index in [-0.39, 0.29) is 29.5 Å². The number of rotatable bonds is 9. The molecule has 0 aromatic carbocycles. The van der Waals surface area contributed by atoms with E-state index in [1.165, 1.54) is 97.8 Å². The molecule has 0 atom stereocenters. The predicted molar refractivity (Wildman–Crippen MR) is 317 cm³/mol. The summed E-state index contributed by atoms with van der Waals surface area (Å²) < 4.78 is 24.9. The molecule has 0 bridgehead atoms. The summed E-state index contributed by atoms with van der Waals surface area (Å²) in [6, 6.07) is 1.69. The first-order valence-corrected chi connectivity index (χ1v) is 22.8. The van der Waals surface area contributed by atoms with Crippen molar-refractivity contribution in [2.75, 3.05) is 35.5 Å². The minimum absolute atomic E-state index is 0.0185. The van der Waals surface area contributed by atoms with Crippen molar-refractivity contribution in [2.45, 2.75) is 40.0 Å². The Morgan fingerprint density at radius 1 is 0.524 bits per heavy atom. The molecule has 4 rings (SSSR count). The molecular formula is C63H75NO18. The summed E-state index contributed by atoms with van der Waals surface area (Å²) in [7, 11) is 6.15. The Bertz CT molecular complexity index is 2370. The highest BCUT2D eigenvalue weighted by molar-refractivity contribution is 6.14. The highest BCUT2D eigenvalue weighted by atomic mass is 16.6. The van der Waals surface area contributed by atoms with Gasteiger partial charge in [-0.3, -0.25) is 14.4 Å². The lowest BCUT2D eigenvalue weighted by atomic mass is 10.1. The molecule has 4 aliphatic rings. The lowest BCUT2D eigenvalue weighted by Gasteiger charge is -1.93. The largest absolute Gasteiger partial charge is 0.466 e. The van der Waals surface area contributed by atoms with Crippen LogP contribution < -0.4 is 0 Å². The zero-order chi connectivity index (χ0) is 65.4. The van der Waals surface area contributed by atoms with Gasteiger partial charge < -0.3 is 28.4 Å². The van der Waals surface area contributed by atoms with Gasteiger partial charge in [-0.15, -0.1) is 0 Å². The van der Waals surface area contributed by atoms with E-state index in [1.807, 2.05) is 18.8 Å². The average Bonchev–Trinajstić information content (AvgIpc) is 4.22. The second-order valence-electron chi connectivity index (χ2n) is 12.9. The Morgan fingerprint density at radius 2 is 0.817 bits per heavy atom. The van der Waals surface area contributed by atoms with Crippen molar-refractivity contribution in [2.24, 2.45) is 0 Å². The van der Waals surface area contributed by atoms with Gasteiger partial charge in [0.1, 0.15) is 0 Å². The number of nitriles is 1. The number of hydrogen-bond donors (Lipinski definition) is 0. The van der Waals surface area contributed by atoms with Gasteiger partial charge in [0.15, 0.2) is 17.3 Å². The number of ketones is 3. The van der Waals surface area contributed by atoms with Gasteiger partial charge in [0.2, 0.25) is 0 Å². The van der Waals surface area contributed by atoms with E-state index in [2.05, 4.69) is 143 Å². The average molecular weight is 1130 g/mol. The third-order valence-corrected chi connectivity index (χ3v) is 6.62. The Labute approximate surface area is 482 Å². The van der Waals surface area contributed by atoms with Crippen LogP contribution in [-0.2, 0) is 86.0 Å². The monoisotopic (exact) mass is 1130 g/mol. The molecule has 1 aliphatic heterocycles. The van der Waals surface area contributed by atoms with E-state index in [9.17, 15) is 47.9 Å². The van der Waals surface area contributed by atoms with Crippen molar-refractivity contribution in [3.05, 3.63) is 234 Å². The van der Waals surface area contributed by atoms with Crippen molar-refractivity contribution in [1.29, 1.82) is 5.26 Å². The maximum atomic E-state index is 10.3. The molecule has 0 radical (unpaired) electrons. The Morgan fingerprint density at radius 3 is 0.951 bits per heavy atom. The molecule has 0 amide bonds. The quantitative estimate of drug-likeness (QED) is 0.0239. The van der Waals surface area contributed by atoms with Crippen molar-refractivity contribution in [3.63, 3.8) is 0 Å². The van der Waals surface area contributed by atoms with Gasteiger partial charge in [-0.2, -0.15) is 14.9 Å². The van der Waals surface area contributed by atoms with E-state index in [0.717, 1.165) is 47.4 Å². The van der Waals surface area contributed by atoms with Crippen LogP contribution in [0.2, 0.25) is 0 Å². The molecule has 0 N–H and O–H groups in total. The second-order valence-corrected chi connectivity index (χ2v) is 12.9. The minimum atomic E-state index is -0.759. The second kappa shape index (κ2) is 76.5. The third kappa shape index (κ3) is 102. The summed E-state index contributed by atoms with van der Waals surface area (Å²) in [6.45, 7) is 39.6. The smallest absolute Gasteiger partial charge is 0.384 e. The van der Waals surface area contributed by atoms with Crippen LogP contribution in [0.25, 0.3) is 0 Å². The van der Waals surface area contributed by atoms with E-state index in [1.54, 1.807) is 49.4 Å². The molecule has 0 aromatic heterocycles. The van der Waals surface area contributed by atoms with Crippen LogP contribution in [0.5, 0.6) is 0 Å². The Hall–Kier alpha value is -11.0. The van der Waals surface area contributed by atoms with E-state index < -0.39 is 35.8 Å². The van der Waals surface area contributed by atoms with Gasteiger partial charge in [0, 0.05) is 48.3 Å². The van der Waals surface area contributed by atoms with Crippen LogP contribution in [-0.4, -0.2) is 101 Å². The van der Waals surface area contributed by atoms with Crippen LogP contribution in [0.1, 0.15) is 40.0 Å². The van der Waals surface area contributed by atoms with Crippen molar-refractivity contribution >= 4 is 65.3 Å². The molecule has 19 heteroatoms. The van der Waals surface area contributed by atoms with E-state index in [4.69, 9.17) is 14.9 Å². The first kappa shape index (κ1) is 90.5. The number of methoxy groups -OCH3 is 5. The fourth-order valence-electron chi connectivity index (χ4n) is 2.62. The normalized spacial score (nSPS) is 10.5. The highest BCUT2D eigenvalue weighted by Gasteiger charge is 2.10. The molecule has 0 saturated heterocycles. The summed E-state index contributed by atoms with van der Waals surface area (Å²) in [5, 5.41) is 7.51. The number of hydrogen-bond acceptors (Lipinski definition) is 19. The van der Waals surface area contributed by atoms with Gasteiger partial charge in [-0.25, -0.2) is 33.6 Å². The third-order valence-electron chi connectivity index (χ3n) is 6.62. The standard InChI is InChI=1S/C8H10.C6H8O4.C6H6O4.C6H4O2.C6H8.C5H8O2.C5H6.C5H8.C4H2O3.C4H6O.C4H6.C3H3N.CO2/c1-5-7(3)8(4)6-2;2*1-9-5(7)3-4-6(8)10-2;7-5-1-2-6(8)4-3-5;1-2-4-6-5-3-1;1-3-4-5(6)7-2;1-2-4-5-3-1;1-4-5(2)3;5-3-1-2-4(6)7-3;1-3-4(2)5;1-3-4-2;1-2-3-4;2-1-3/h5-6H,1-4H2;3-4H,1-2H3;1-2H3;1-4H;1-4H,5-6H2;3-4H,1-2H3;1-4H,5H2;4H,1-2H2,3H3;1-2H;3H,1H2,2H3;3-4H,1-2H2;2H,1H2;/b;4-3-;;;;4-3+;;;;;;;. The van der Waals surface area contributed by atoms with Crippen LogP contribution in [0.4, 0.5) is 0 Å². The van der Waals surface area contributed by atoms with Crippen LogP contribution in [0, 0.1) is 23.2 Å². The summed E-state index contributed by atoms with van der Waals surface area (Å²) in [6.07, 6.45) is 43.7. The fraction of sp³-hybridized carbons (Fsp3) is 0.175. The van der Waals surface area contributed by atoms with Crippen LogP contribution >= 0.6 is 0 Å². The first-order valence-electron chi connectivity index (χ1n) is 22.8. The van der Waals surface area contributed by atoms with Gasteiger partial charge in [-0.1, -0.05) is 156 Å². The summed E-state index contributed by atoms with van der Waals surface area (Å²) in [5.74, 6) is -0.563. The number of ether oxygens (including phenoxy) is 6. The Balaban J connectivity index is -0.000000102. The number of allylic oxidation sites excluding steroid dienone is 23. The SMILES string of the molecule is C/C=C/C(=O)OC.C1=CCC=C1.C1=CCCC=C1.C=CC#N.C=CC(=C)C.C=CC(=C)C(=C)C=C.C=CC(C)=O.C=CC=C.COC(=O)/C=C\C(=O)OC.COC(=O)C#CC(=O)OC.O=C1C=CC(=O)C=C1.O=C1C=CC(=O)O1.O=C=O. The molecule has 1 heterocycles. The molecule has 19 nitrogen and oxygen atoms in total. The van der Waals surface area contributed by atoms with Crippen LogP contribution in [0.15, 0.2) is 234 Å². The predicted octanol–water partition coefficient (Wildman–Crippen LogP) is 9.68. The fourth-order valence-corrected chi connectivity index (χ4v) is 2.62. The van der Waals surface area contributed by atoms with Crippen molar-refractivity contribution < 1.29 is 86.0 Å². The number of nitrogens with zero attached hydrogens (tertiary/aromatic N) is 1. The molecule has 0 aromatic rings. The van der Waals surface area contributed by atoms with E-state index in [0.29, 0.717) is 0 Å². The molecule has 3 aliphatic carbocycles. The first-order chi connectivity index (χ1) is 38.8. The van der Waals surface area contributed by atoms with Crippen molar-refractivity contribution in [3.8, 4) is 17.9 Å². The van der Waals surface area contributed by atoms with Gasteiger partial charge >= 0.3 is 47.9 Å². The maximum Gasteiger partial charge on any atom is 0.384 e. The van der Waals surface area contributed by atoms with Gasteiger partial charge in [0.05, 0.1) is 41.6 Å². The van der Waals surface area contributed by atoms with E-state index >= 15 is 0 Å². The maximum absolute atomic E-state index is 10.3. The zero-order valence-corrected chi connectivity index (χ0v) is 47.9. The van der Waals surface area contributed by atoms with Crippen molar-refractivity contribution in [1.82, 2.24) is 0 Å². The lowest BCUT2D eigenvalue weighted by molar-refractivity contribution is -0.192. The molecule has 0 unspecified atom stereocenters. The number of cyclic esters (lactones) is 2. The molecular weight excluding hydrogens is 1060 g/mol. The molecule has 82 heavy (non-hydrogen) atoms. The van der Waals surface area contributed by atoms with Crippen LogP contribution in [0.3, 0.4) is 0 Å². The zero-order valence-electron chi connectivity index (χ0n) is 47.9. The lowest BCUT2D eigenvalue weighted by Crippen LogP contribution is -1.99. The minimum Gasteiger partial charge on any atom is -0.466 e. The van der Waals surface area contributed by atoms with Gasteiger partial charge in [0.25, 0.3) is 0 Å². The summed E-state index contributed by atoms with van der Waals surface area (Å²) in [4.78, 5) is 118. The van der Waals surface area contributed by atoms with Gasteiger partial charge in [-0.05, 0) is 81.6 Å². The summed E-state index contributed by atoms with van der Waals surface area (Å²) in [5.41, 5.74) is 2.69. The number of carbonyl (C=O) groups is 10. The number of carbonyl (C=O) groups excluding carboxylic acids is 12. The molecule has 0 spiro atoms. The molecule has 440 valence electrons. The summed E-state index contributed by atoms with van der Waals surface area (Å²) >= 11 is 0. The molecule has 0 fully saturated rings. The number of esters is 7.